The molecule has 0 unspecified atom stereocenters. The highest BCUT2D eigenvalue weighted by Gasteiger charge is 2.45. The minimum atomic E-state index is -1.43. The minimum Gasteiger partial charge on any atom is -0.478 e. The van der Waals surface area contributed by atoms with E-state index in [1.54, 1.807) is 18.2 Å². The number of amides is 1. The van der Waals surface area contributed by atoms with Gasteiger partial charge >= 0.3 is 5.97 Å². The lowest BCUT2D eigenvalue weighted by Gasteiger charge is -2.38. The molecule has 1 aromatic carbocycles. The van der Waals surface area contributed by atoms with Crippen molar-refractivity contribution in [3.63, 3.8) is 0 Å². The van der Waals surface area contributed by atoms with E-state index in [1.807, 2.05) is 6.92 Å². The van der Waals surface area contributed by atoms with Crippen molar-refractivity contribution >= 4 is 11.9 Å². The lowest BCUT2D eigenvalue weighted by molar-refractivity contribution is -0.159. The molecule has 0 radical (unpaired) electrons. The largest absolute Gasteiger partial charge is 0.478 e. The molecule has 2 aromatic rings. The zero-order valence-electron chi connectivity index (χ0n) is 14.3. The fraction of sp³-hybridized carbons (Fsp3) is 0.316. The Bertz CT molecular complexity index is 815. The summed E-state index contributed by atoms with van der Waals surface area (Å²) < 4.78 is 19.6. The second-order valence-electron chi connectivity index (χ2n) is 6.31. The van der Waals surface area contributed by atoms with Crippen LogP contribution in [0.25, 0.3) is 0 Å². The summed E-state index contributed by atoms with van der Waals surface area (Å²) in [7, 11) is 0. The summed E-state index contributed by atoms with van der Waals surface area (Å²) in [6.07, 6.45) is 1.70. The predicted molar refractivity (Wildman–Crippen MR) is 91.5 cm³/mol. The van der Waals surface area contributed by atoms with Crippen LogP contribution < -0.4 is 4.74 Å². The number of likely N-dealkylation sites (tertiary alicyclic amines) is 1. The summed E-state index contributed by atoms with van der Waals surface area (Å²) in [5.41, 5.74) is -0.644. The second kappa shape index (κ2) is 7.11. The number of rotatable bonds is 4. The molecule has 0 spiro atoms. The van der Waals surface area contributed by atoms with Gasteiger partial charge in [-0.2, -0.15) is 0 Å². The van der Waals surface area contributed by atoms with Gasteiger partial charge in [-0.05, 0) is 31.2 Å². The van der Waals surface area contributed by atoms with E-state index >= 15 is 0 Å². The summed E-state index contributed by atoms with van der Waals surface area (Å²) in [6, 6.07) is 9.17. The Labute approximate surface area is 150 Å². The number of carbonyl (C=O) groups excluding carboxylic acids is 1. The summed E-state index contributed by atoms with van der Waals surface area (Å²) in [6.45, 7) is 2.15. The number of nitrogens with zero attached hydrogens (tertiary/aromatic N) is 2. The number of aryl methyl sites for hydroxylation is 1. The van der Waals surface area contributed by atoms with E-state index < -0.39 is 23.3 Å². The summed E-state index contributed by atoms with van der Waals surface area (Å²) in [5, 5.41) is 9.68. The maximum absolute atomic E-state index is 13.8. The molecule has 0 saturated carbocycles. The Kier molecular flexibility index (Phi) is 4.88. The Morgan fingerprint density at radius 1 is 1.19 bits per heavy atom. The zero-order valence-corrected chi connectivity index (χ0v) is 14.3. The molecule has 0 aliphatic carbocycles. The molecule has 1 fully saturated rings. The van der Waals surface area contributed by atoms with Gasteiger partial charge in [-0.1, -0.05) is 12.1 Å². The highest BCUT2D eigenvalue weighted by atomic mass is 19.1. The van der Waals surface area contributed by atoms with Crippen molar-refractivity contribution in [3.8, 4) is 5.75 Å². The first-order chi connectivity index (χ1) is 12.4. The fourth-order valence-corrected chi connectivity index (χ4v) is 2.98. The van der Waals surface area contributed by atoms with Gasteiger partial charge < -0.3 is 14.7 Å². The van der Waals surface area contributed by atoms with Gasteiger partial charge in [0.25, 0.3) is 5.91 Å². The quantitative estimate of drug-likeness (QED) is 0.909. The van der Waals surface area contributed by atoms with Crippen LogP contribution in [0, 0.1) is 12.7 Å². The number of halogens is 1. The van der Waals surface area contributed by atoms with Crippen LogP contribution >= 0.6 is 0 Å². The Balaban J connectivity index is 1.73. The molecule has 6 nitrogen and oxygen atoms in total. The molecular weight excluding hydrogens is 339 g/mol. The Morgan fingerprint density at radius 2 is 1.88 bits per heavy atom. The van der Waals surface area contributed by atoms with Crippen LogP contribution in [0.15, 0.2) is 42.6 Å². The highest BCUT2D eigenvalue weighted by Crippen LogP contribution is 2.30. The van der Waals surface area contributed by atoms with Gasteiger partial charge in [0.05, 0.1) is 11.8 Å². The molecule has 1 amide bonds. The number of carbonyl (C=O) groups is 2. The number of ether oxygens (including phenoxy) is 1. The highest BCUT2D eigenvalue weighted by molar-refractivity contribution is 5.94. The van der Waals surface area contributed by atoms with Crippen LogP contribution in [0.2, 0.25) is 0 Å². The van der Waals surface area contributed by atoms with Crippen LogP contribution in [-0.4, -0.2) is 45.6 Å². The zero-order chi connectivity index (χ0) is 18.7. The lowest BCUT2D eigenvalue weighted by Crippen LogP contribution is -2.54. The van der Waals surface area contributed by atoms with E-state index in [0.29, 0.717) is 5.75 Å². The molecule has 3 rings (SSSR count). The maximum atomic E-state index is 13.8. The van der Waals surface area contributed by atoms with Crippen molar-refractivity contribution in [3.05, 3.63) is 59.7 Å². The number of aliphatic carboxylic acids is 1. The number of benzene rings is 1. The number of pyridine rings is 1. The van der Waals surface area contributed by atoms with Crippen molar-refractivity contribution in [2.75, 3.05) is 13.1 Å². The lowest BCUT2D eigenvalue weighted by atomic mass is 9.90. The van der Waals surface area contributed by atoms with Crippen molar-refractivity contribution in [1.82, 2.24) is 9.88 Å². The van der Waals surface area contributed by atoms with Gasteiger partial charge in [-0.3, -0.25) is 9.78 Å². The number of aromatic nitrogens is 1. The van der Waals surface area contributed by atoms with Gasteiger partial charge in [-0.25, -0.2) is 9.18 Å². The average molecular weight is 358 g/mol. The van der Waals surface area contributed by atoms with Crippen molar-refractivity contribution in [1.29, 1.82) is 0 Å². The molecule has 1 N–H and O–H groups in total. The molecule has 2 heterocycles. The molecular formula is C19H19FN2O4. The van der Waals surface area contributed by atoms with Gasteiger partial charge in [0.15, 0.2) is 0 Å². The second-order valence-corrected chi connectivity index (χ2v) is 6.31. The first-order valence-electron chi connectivity index (χ1n) is 8.30. The van der Waals surface area contributed by atoms with Gasteiger partial charge in [0.2, 0.25) is 5.60 Å². The number of hydrogen-bond donors (Lipinski definition) is 1. The third kappa shape index (κ3) is 3.51. The third-order valence-corrected chi connectivity index (χ3v) is 4.55. The van der Waals surface area contributed by atoms with Crippen LogP contribution in [-0.2, 0) is 4.79 Å². The first-order valence-corrected chi connectivity index (χ1v) is 8.30. The van der Waals surface area contributed by atoms with Gasteiger partial charge in [0.1, 0.15) is 11.6 Å². The minimum absolute atomic E-state index is 0.0148. The predicted octanol–water partition coefficient (Wildman–Crippen LogP) is 2.67. The van der Waals surface area contributed by atoms with Gasteiger partial charge in [0, 0.05) is 31.6 Å². The molecule has 26 heavy (non-hydrogen) atoms. The summed E-state index contributed by atoms with van der Waals surface area (Å²) >= 11 is 0. The van der Waals surface area contributed by atoms with E-state index in [4.69, 9.17) is 4.74 Å². The van der Waals surface area contributed by atoms with E-state index in [2.05, 4.69) is 4.98 Å². The number of carboxylic acids is 1. The molecule has 0 bridgehead atoms. The Hall–Kier alpha value is -2.96. The molecule has 1 aliphatic heterocycles. The maximum Gasteiger partial charge on any atom is 0.348 e. The third-order valence-electron chi connectivity index (χ3n) is 4.55. The van der Waals surface area contributed by atoms with Gasteiger partial charge in [-0.15, -0.1) is 0 Å². The average Bonchev–Trinajstić information content (AvgIpc) is 2.64. The number of carboxylic acid groups (broad SMARTS) is 1. The van der Waals surface area contributed by atoms with E-state index in [9.17, 15) is 19.1 Å². The van der Waals surface area contributed by atoms with E-state index in [0.717, 1.165) is 5.69 Å². The monoisotopic (exact) mass is 358 g/mol. The molecule has 1 aliphatic rings. The van der Waals surface area contributed by atoms with Crippen LogP contribution in [0.4, 0.5) is 4.39 Å². The van der Waals surface area contributed by atoms with E-state index in [-0.39, 0.29) is 31.5 Å². The SMILES string of the molecule is Cc1ccc(OC2(C(=O)O)CCN(C(=O)c3ccccc3F)CC2)cn1. The summed E-state index contributed by atoms with van der Waals surface area (Å²) in [4.78, 5) is 29.9. The number of piperidine rings is 1. The molecule has 0 atom stereocenters. The molecule has 136 valence electrons. The standard InChI is InChI=1S/C19H19FN2O4/c1-13-6-7-14(12-21-13)26-19(18(24)25)8-10-22(11-9-19)17(23)15-4-2-3-5-16(15)20/h2-7,12H,8-11H2,1H3,(H,24,25). The van der Waals surface area contributed by atoms with Crippen LogP contribution in [0.5, 0.6) is 5.75 Å². The first kappa shape index (κ1) is 17.8. The number of hydrogen-bond acceptors (Lipinski definition) is 4. The molecule has 7 heteroatoms. The summed E-state index contributed by atoms with van der Waals surface area (Å²) in [5.74, 6) is -1.75. The molecule has 1 saturated heterocycles. The van der Waals surface area contributed by atoms with Crippen molar-refractivity contribution in [2.45, 2.75) is 25.4 Å². The van der Waals surface area contributed by atoms with Crippen LogP contribution in [0.1, 0.15) is 28.9 Å². The smallest absolute Gasteiger partial charge is 0.348 e. The fourth-order valence-electron chi connectivity index (χ4n) is 2.98. The van der Waals surface area contributed by atoms with Crippen molar-refractivity contribution in [2.24, 2.45) is 0 Å². The molecule has 1 aromatic heterocycles. The van der Waals surface area contributed by atoms with Crippen LogP contribution in [0.3, 0.4) is 0 Å². The van der Waals surface area contributed by atoms with Crippen molar-refractivity contribution < 1.29 is 23.8 Å². The van der Waals surface area contributed by atoms with E-state index in [1.165, 1.54) is 29.3 Å². The topological polar surface area (TPSA) is 79.7 Å². The normalized spacial score (nSPS) is 16.2. The Morgan fingerprint density at radius 3 is 2.46 bits per heavy atom.